The molecule has 180 valence electrons. The summed E-state index contributed by atoms with van der Waals surface area (Å²) in [7, 11) is 0. The van der Waals surface area contributed by atoms with E-state index in [2.05, 4.69) is 30.2 Å². The summed E-state index contributed by atoms with van der Waals surface area (Å²) >= 11 is 0. The summed E-state index contributed by atoms with van der Waals surface area (Å²) in [4.78, 5) is 34.0. The van der Waals surface area contributed by atoms with Crippen LogP contribution in [0.1, 0.15) is 37.9 Å². The number of alkyl halides is 3. The fourth-order valence-corrected chi connectivity index (χ4v) is 4.61. The second-order valence-corrected chi connectivity index (χ2v) is 8.86. The molecule has 2 aromatic rings. The number of amides is 2. The van der Waals surface area contributed by atoms with E-state index in [9.17, 15) is 18.0 Å². The number of hydrogen-bond donors (Lipinski definition) is 2. The number of piperazine rings is 1. The smallest absolute Gasteiger partial charge is 0.347 e. The van der Waals surface area contributed by atoms with Gasteiger partial charge in [0.2, 0.25) is 5.95 Å². The Morgan fingerprint density at radius 2 is 1.76 bits per heavy atom. The summed E-state index contributed by atoms with van der Waals surface area (Å²) in [5.74, 6) is 0.242. The van der Waals surface area contributed by atoms with Gasteiger partial charge in [-0.15, -0.1) is 0 Å². The molecule has 9 nitrogen and oxygen atoms in total. The van der Waals surface area contributed by atoms with Crippen LogP contribution in [0.15, 0.2) is 24.9 Å². The van der Waals surface area contributed by atoms with Gasteiger partial charge in [-0.3, -0.25) is 4.90 Å². The highest BCUT2D eigenvalue weighted by Crippen LogP contribution is 2.29. The van der Waals surface area contributed by atoms with Gasteiger partial charge in [0.15, 0.2) is 0 Å². The molecule has 2 atom stereocenters. The highest BCUT2D eigenvalue weighted by atomic mass is 19.4. The van der Waals surface area contributed by atoms with Crippen molar-refractivity contribution in [3.63, 3.8) is 0 Å². The Labute approximate surface area is 190 Å². The van der Waals surface area contributed by atoms with Crippen molar-refractivity contribution in [3.05, 3.63) is 36.2 Å². The molecule has 2 aliphatic heterocycles. The van der Waals surface area contributed by atoms with Crippen LogP contribution in [0.4, 0.5) is 23.9 Å². The number of rotatable bonds is 4. The number of urea groups is 1. The van der Waals surface area contributed by atoms with Gasteiger partial charge in [0.05, 0.1) is 11.9 Å². The van der Waals surface area contributed by atoms with Gasteiger partial charge in [0.25, 0.3) is 0 Å². The summed E-state index contributed by atoms with van der Waals surface area (Å²) in [5.41, 5.74) is 0.205. The number of aromatic amines is 1. The van der Waals surface area contributed by atoms with E-state index >= 15 is 0 Å². The lowest BCUT2D eigenvalue weighted by Crippen LogP contribution is -2.62. The molecule has 2 N–H and O–H groups in total. The number of carbonyl (C=O) groups excluding carboxylic acids is 1. The van der Waals surface area contributed by atoms with Crippen LogP contribution < -0.4 is 10.2 Å². The summed E-state index contributed by atoms with van der Waals surface area (Å²) < 4.78 is 38.3. The number of hydrogen-bond acceptors (Lipinski definition) is 6. The van der Waals surface area contributed by atoms with Crippen LogP contribution in [0, 0.1) is 0 Å². The van der Waals surface area contributed by atoms with Crippen LogP contribution >= 0.6 is 0 Å². The molecule has 0 aliphatic carbocycles. The number of likely N-dealkylation sites (tertiary alicyclic amines) is 1. The number of piperidine rings is 1. The summed E-state index contributed by atoms with van der Waals surface area (Å²) in [6, 6.07) is -0.263. The number of imidazole rings is 1. The average Bonchev–Trinajstić information content (AvgIpc) is 3.27. The Bertz CT molecular complexity index is 901. The Kier molecular flexibility index (Phi) is 6.73. The fraction of sp³-hybridized carbons (Fsp3) is 0.619. The van der Waals surface area contributed by atoms with Crippen molar-refractivity contribution in [3.8, 4) is 0 Å². The Hall–Kier alpha value is -2.89. The van der Waals surface area contributed by atoms with Gasteiger partial charge in [-0.25, -0.2) is 19.7 Å². The first-order chi connectivity index (χ1) is 15.7. The molecule has 12 heteroatoms. The van der Waals surface area contributed by atoms with Gasteiger partial charge >= 0.3 is 12.2 Å². The first kappa shape index (κ1) is 23.3. The van der Waals surface area contributed by atoms with Gasteiger partial charge in [0, 0.05) is 75.1 Å². The topological polar surface area (TPSA) is 93.3 Å². The van der Waals surface area contributed by atoms with E-state index in [0.717, 1.165) is 50.6 Å². The number of H-pyrrole nitrogens is 1. The van der Waals surface area contributed by atoms with Crippen molar-refractivity contribution in [2.75, 3.05) is 31.1 Å². The third-order valence-corrected chi connectivity index (χ3v) is 6.27. The molecule has 2 aromatic heterocycles. The SMILES string of the molecule is C[C@@H]1CN(c2ncc(C(F)(F)F)cn2)C[C@H](C)N1C(=O)NC1CCN(Cc2cnc[nH]2)CC1. The lowest BCUT2D eigenvalue weighted by atomic mass is 10.0. The Morgan fingerprint density at radius 1 is 1.12 bits per heavy atom. The lowest BCUT2D eigenvalue weighted by Gasteiger charge is -2.45. The minimum absolute atomic E-state index is 0.102. The molecule has 2 fully saturated rings. The van der Waals surface area contributed by atoms with Gasteiger partial charge in [-0.05, 0) is 26.7 Å². The van der Waals surface area contributed by atoms with Crippen LogP contribution in [0.5, 0.6) is 0 Å². The first-order valence-electron chi connectivity index (χ1n) is 11.1. The fourth-order valence-electron chi connectivity index (χ4n) is 4.61. The van der Waals surface area contributed by atoms with E-state index in [1.54, 1.807) is 6.33 Å². The summed E-state index contributed by atoms with van der Waals surface area (Å²) in [5, 5.41) is 3.17. The van der Waals surface area contributed by atoms with Crippen LogP contribution in [-0.4, -0.2) is 80.1 Å². The van der Waals surface area contributed by atoms with Gasteiger partial charge < -0.3 is 20.1 Å². The molecule has 0 unspecified atom stereocenters. The Morgan fingerprint density at radius 3 is 2.30 bits per heavy atom. The highest BCUT2D eigenvalue weighted by Gasteiger charge is 2.36. The van der Waals surface area contributed by atoms with E-state index in [4.69, 9.17) is 0 Å². The molecule has 2 amide bonds. The largest absolute Gasteiger partial charge is 0.419 e. The third kappa shape index (κ3) is 5.55. The summed E-state index contributed by atoms with van der Waals surface area (Å²) in [6.07, 6.45) is 2.39. The maximum absolute atomic E-state index is 13.0. The molecule has 0 bridgehead atoms. The van der Waals surface area contributed by atoms with Crippen LogP contribution in [0.2, 0.25) is 0 Å². The number of aromatic nitrogens is 4. The van der Waals surface area contributed by atoms with Gasteiger partial charge in [0.1, 0.15) is 0 Å². The molecule has 33 heavy (non-hydrogen) atoms. The molecule has 0 saturated carbocycles. The summed E-state index contributed by atoms with van der Waals surface area (Å²) in [6.45, 7) is 7.38. The molecule has 0 aromatic carbocycles. The van der Waals surface area contributed by atoms with E-state index < -0.39 is 11.7 Å². The molecule has 4 rings (SSSR count). The molecule has 0 spiro atoms. The second-order valence-electron chi connectivity index (χ2n) is 8.86. The normalized spacial score (nSPS) is 23.1. The van der Waals surface area contributed by atoms with Crippen molar-refractivity contribution >= 4 is 12.0 Å². The minimum atomic E-state index is -4.47. The van der Waals surface area contributed by atoms with Crippen LogP contribution in [0.25, 0.3) is 0 Å². The van der Waals surface area contributed by atoms with Crippen molar-refractivity contribution in [2.45, 2.75) is 57.5 Å². The number of anilines is 1. The molecule has 0 radical (unpaired) electrons. The zero-order chi connectivity index (χ0) is 23.6. The number of nitrogens with zero attached hydrogens (tertiary/aromatic N) is 6. The maximum Gasteiger partial charge on any atom is 0.419 e. The predicted molar refractivity (Wildman–Crippen MR) is 115 cm³/mol. The van der Waals surface area contributed by atoms with Crippen molar-refractivity contribution < 1.29 is 18.0 Å². The molecule has 2 saturated heterocycles. The van der Waals surface area contributed by atoms with E-state index in [-0.39, 0.29) is 30.1 Å². The van der Waals surface area contributed by atoms with Crippen LogP contribution in [0.3, 0.4) is 0 Å². The molecular weight excluding hydrogens is 437 g/mol. The zero-order valence-electron chi connectivity index (χ0n) is 18.7. The lowest BCUT2D eigenvalue weighted by molar-refractivity contribution is -0.138. The quantitative estimate of drug-likeness (QED) is 0.719. The maximum atomic E-state index is 13.0. The first-order valence-corrected chi connectivity index (χ1v) is 11.1. The standard InChI is InChI=1S/C21H29F3N8O/c1-14-10-31(19-26-7-16(8-27-19)21(22,23)24)11-15(2)32(14)20(33)29-17-3-5-30(6-4-17)12-18-9-25-13-28-18/h7-9,13-15,17H,3-6,10-12H2,1-2H3,(H,25,28)(H,29,33)/t14-,15+. The number of halogens is 3. The molecular formula is C21H29F3N8O. The van der Waals surface area contributed by atoms with Gasteiger partial charge in [-0.1, -0.05) is 0 Å². The minimum Gasteiger partial charge on any atom is -0.347 e. The second kappa shape index (κ2) is 9.54. The van der Waals surface area contributed by atoms with E-state index in [1.807, 2.05) is 29.8 Å². The highest BCUT2D eigenvalue weighted by molar-refractivity contribution is 5.75. The molecule has 2 aliphatic rings. The third-order valence-electron chi connectivity index (χ3n) is 6.27. The van der Waals surface area contributed by atoms with Gasteiger partial charge in [-0.2, -0.15) is 13.2 Å². The number of nitrogens with one attached hydrogen (secondary N) is 2. The van der Waals surface area contributed by atoms with Crippen molar-refractivity contribution in [1.29, 1.82) is 0 Å². The van der Waals surface area contributed by atoms with Crippen LogP contribution in [-0.2, 0) is 12.7 Å². The zero-order valence-corrected chi connectivity index (χ0v) is 18.7. The van der Waals surface area contributed by atoms with E-state index in [0.29, 0.717) is 13.1 Å². The van der Waals surface area contributed by atoms with Crippen molar-refractivity contribution in [2.24, 2.45) is 0 Å². The Balaban J connectivity index is 1.29. The predicted octanol–water partition coefficient (Wildman–Crippen LogP) is 2.49. The monoisotopic (exact) mass is 466 g/mol. The van der Waals surface area contributed by atoms with E-state index in [1.165, 1.54) is 0 Å². The average molecular weight is 467 g/mol. The number of carbonyl (C=O) groups is 1. The molecule has 4 heterocycles. The van der Waals surface area contributed by atoms with Crippen molar-refractivity contribution in [1.82, 2.24) is 35.1 Å².